The van der Waals surface area contributed by atoms with Gasteiger partial charge in [-0.1, -0.05) is 13.3 Å². The van der Waals surface area contributed by atoms with Gasteiger partial charge in [-0.2, -0.15) is 0 Å². The van der Waals surface area contributed by atoms with Crippen LogP contribution in [-0.2, 0) is 28.5 Å². The van der Waals surface area contributed by atoms with Gasteiger partial charge in [-0.05, 0) is 20.3 Å². The van der Waals surface area contributed by atoms with Gasteiger partial charge < -0.3 is 23.7 Å². The Kier molecular flexibility index (Phi) is 12.8. The maximum Gasteiger partial charge on any atom is 0.509 e. The summed E-state index contributed by atoms with van der Waals surface area (Å²) in [6.07, 6.45) is 0.252. The molecule has 0 fully saturated rings. The largest absolute Gasteiger partial charge is 0.509 e. The van der Waals surface area contributed by atoms with Gasteiger partial charge in [0.1, 0.15) is 6.61 Å². The van der Waals surface area contributed by atoms with Gasteiger partial charge in [0.15, 0.2) is 6.10 Å². The lowest BCUT2D eigenvalue weighted by Gasteiger charge is -2.12. The van der Waals surface area contributed by atoms with Crippen LogP contribution in [0.3, 0.4) is 0 Å². The molecule has 0 saturated heterocycles. The van der Waals surface area contributed by atoms with Crippen LogP contribution in [0.1, 0.15) is 33.6 Å². The first kappa shape index (κ1) is 19.7. The van der Waals surface area contributed by atoms with E-state index in [0.29, 0.717) is 13.2 Å². The molecule has 0 aliphatic heterocycles. The van der Waals surface area contributed by atoms with E-state index in [1.807, 2.05) is 0 Å². The lowest BCUT2D eigenvalue weighted by atomic mass is 10.4. The zero-order chi connectivity index (χ0) is 15.9. The molecule has 0 rings (SSSR count). The first-order valence-corrected chi connectivity index (χ1v) is 7.27. The standard InChI is InChI=1S/C14H26O7/c1-4-6-7-17-8-9-18-10-11-20-13(15)12(3)21-14(16)19-5-2/h12H,4-11H2,1-3H3/t12-/m1/s1. The van der Waals surface area contributed by atoms with Crippen molar-refractivity contribution < 1.29 is 33.3 Å². The molecule has 0 aromatic carbocycles. The minimum absolute atomic E-state index is 0.102. The van der Waals surface area contributed by atoms with E-state index in [2.05, 4.69) is 16.4 Å². The number of hydrogen-bond acceptors (Lipinski definition) is 7. The fourth-order valence-corrected chi connectivity index (χ4v) is 1.23. The Bertz CT molecular complexity index is 280. The van der Waals surface area contributed by atoms with E-state index in [1.54, 1.807) is 6.92 Å². The topological polar surface area (TPSA) is 80.3 Å². The molecule has 0 amide bonds. The molecule has 0 aliphatic rings. The van der Waals surface area contributed by atoms with Crippen LogP contribution in [0.5, 0.6) is 0 Å². The van der Waals surface area contributed by atoms with Crippen LogP contribution in [0.4, 0.5) is 4.79 Å². The number of rotatable bonds is 12. The Morgan fingerprint density at radius 2 is 1.52 bits per heavy atom. The van der Waals surface area contributed by atoms with Gasteiger partial charge in [0.25, 0.3) is 0 Å². The average Bonchev–Trinajstić information content (AvgIpc) is 2.45. The highest BCUT2D eigenvalue weighted by molar-refractivity contribution is 5.76. The fourth-order valence-electron chi connectivity index (χ4n) is 1.23. The van der Waals surface area contributed by atoms with E-state index in [-0.39, 0.29) is 19.8 Å². The number of unbranched alkanes of at least 4 members (excludes halogenated alkanes) is 1. The van der Waals surface area contributed by atoms with Gasteiger partial charge in [0, 0.05) is 6.61 Å². The molecule has 7 nitrogen and oxygen atoms in total. The maximum atomic E-state index is 11.5. The van der Waals surface area contributed by atoms with Crippen LogP contribution in [0.25, 0.3) is 0 Å². The summed E-state index contributed by atoms with van der Waals surface area (Å²) in [5.41, 5.74) is 0. The van der Waals surface area contributed by atoms with E-state index in [4.69, 9.17) is 14.2 Å². The zero-order valence-electron chi connectivity index (χ0n) is 13.1. The summed E-state index contributed by atoms with van der Waals surface area (Å²) in [4.78, 5) is 22.4. The second-order valence-electron chi connectivity index (χ2n) is 4.19. The van der Waals surface area contributed by atoms with Crippen molar-refractivity contribution in [2.75, 3.05) is 39.6 Å². The molecule has 0 heterocycles. The highest BCUT2D eigenvalue weighted by Crippen LogP contribution is 1.98. The van der Waals surface area contributed by atoms with Crippen LogP contribution in [0.2, 0.25) is 0 Å². The van der Waals surface area contributed by atoms with Crippen LogP contribution < -0.4 is 0 Å². The molecule has 0 unspecified atom stereocenters. The van der Waals surface area contributed by atoms with Crippen molar-refractivity contribution >= 4 is 12.1 Å². The Hall–Kier alpha value is -1.34. The third-order valence-electron chi connectivity index (χ3n) is 2.35. The van der Waals surface area contributed by atoms with E-state index in [9.17, 15) is 9.59 Å². The average molecular weight is 306 g/mol. The normalized spacial score (nSPS) is 11.8. The van der Waals surface area contributed by atoms with Crippen molar-refractivity contribution in [2.45, 2.75) is 39.7 Å². The van der Waals surface area contributed by atoms with Gasteiger partial charge in [-0.15, -0.1) is 0 Å². The number of carbonyl (C=O) groups excluding carboxylic acids is 2. The van der Waals surface area contributed by atoms with Crippen molar-refractivity contribution in [3.8, 4) is 0 Å². The zero-order valence-corrected chi connectivity index (χ0v) is 13.1. The summed E-state index contributed by atoms with van der Waals surface area (Å²) in [5.74, 6) is -0.633. The summed E-state index contributed by atoms with van der Waals surface area (Å²) < 4.78 is 24.7. The maximum absolute atomic E-state index is 11.5. The van der Waals surface area contributed by atoms with Crippen molar-refractivity contribution in [2.24, 2.45) is 0 Å². The Balaban J connectivity index is 3.46. The first-order valence-electron chi connectivity index (χ1n) is 7.27. The van der Waals surface area contributed by atoms with Gasteiger partial charge in [-0.25, -0.2) is 9.59 Å². The molecular weight excluding hydrogens is 280 g/mol. The number of ether oxygens (including phenoxy) is 5. The predicted molar refractivity (Wildman–Crippen MR) is 75.1 cm³/mol. The second kappa shape index (κ2) is 13.6. The van der Waals surface area contributed by atoms with Crippen LogP contribution >= 0.6 is 0 Å². The van der Waals surface area contributed by atoms with Gasteiger partial charge >= 0.3 is 12.1 Å². The highest BCUT2D eigenvalue weighted by atomic mass is 16.7. The fraction of sp³-hybridized carbons (Fsp3) is 0.857. The molecule has 0 radical (unpaired) electrons. The smallest absolute Gasteiger partial charge is 0.461 e. The van der Waals surface area contributed by atoms with Crippen molar-refractivity contribution in [3.05, 3.63) is 0 Å². The summed E-state index contributed by atoms with van der Waals surface area (Å²) in [6.45, 7) is 7.44. The summed E-state index contributed by atoms with van der Waals surface area (Å²) in [7, 11) is 0. The number of esters is 1. The molecule has 0 aliphatic carbocycles. The molecule has 7 heteroatoms. The predicted octanol–water partition coefficient (Wildman–Crippen LogP) is 1.92. The minimum Gasteiger partial charge on any atom is -0.461 e. The van der Waals surface area contributed by atoms with Crippen LogP contribution in [0, 0.1) is 0 Å². The molecule has 0 aromatic heterocycles. The monoisotopic (exact) mass is 306 g/mol. The molecule has 0 N–H and O–H groups in total. The van der Waals surface area contributed by atoms with Gasteiger partial charge in [0.05, 0.1) is 26.4 Å². The molecule has 0 saturated carbocycles. The summed E-state index contributed by atoms with van der Waals surface area (Å²) in [5, 5.41) is 0. The van der Waals surface area contributed by atoms with Crippen LogP contribution in [-0.4, -0.2) is 57.9 Å². The molecule has 124 valence electrons. The van der Waals surface area contributed by atoms with Gasteiger partial charge in [-0.3, -0.25) is 0 Å². The lowest BCUT2D eigenvalue weighted by molar-refractivity contribution is -0.155. The molecule has 0 spiro atoms. The minimum atomic E-state index is -0.999. The number of hydrogen-bond donors (Lipinski definition) is 0. The van der Waals surface area contributed by atoms with Gasteiger partial charge in [0.2, 0.25) is 0 Å². The Morgan fingerprint density at radius 1 is 0.905 bits per heavy atom. The molecule has 0 bridgehead atoms. The molecule has 21 heavy (non-hydrogen) atoms. The highest BCUT2D eigenvalue weighted by Gasteiger charge is 2.19. The third kappa shape index (κ3) is 12.1. The molecule has 1 atom stereocenters. The SMILES string of the molecule is CCCCOCCOCCOC(=O)[C@@H](C)OC(=O)OCC. The quantitative estimate of drug-likeness (QED) is 0.402. The van der Waals surface area contributed by atoms with Crippen molar-refractivity contribution in [1.82, 2.24) is 0 Å². The van der Waals surface area contributed by atoms with Crippen molar-refractivity contribution in [3.63, 3.8) is 0 Å². The third-order valence-corrected chi connectivity index (χ3v) is 2.35. The van der Waals surface area contributed by atoms with E-state index in [0.717, 1.165) is 19.4 Å². The van der Waals surface area contributed by atoms with Crippen LogP contribution in [0.15, 0.2) is 0 Å². The molecular formula is C14H26O7. The summed E-state index contributed by atoms with van der Waals surface area (Å²) >= 11 is 0. The first-order chi connectivity index (χ1) is 10.1. The Labute approximate surface area is 125 Å². The molecule has 0 aromatic rings. The van der Waals surface area contributed by atoms with E-state index in [1.165, 1.54) is 6.92 Å². The Morgan fingerprint density at radius 3 is 2.14 bits per heavy atom. The lowest BCUT2D eigenvalue weighted by Crippen LogP contribution is -2.27. The summed E-state index contributed by atoms with van der Waals surface area (Å²) in [6, 6.07) is 0. The second-order valence-corrected chi connectivity index (χ2v) is 4.19. The van der Waals surface area contributed by atoms with E-state index < -0.39 is 18.2 Å². The van der Waals surface area contributed by atoms with Crippen molar-refractivity contribution in [1.29, 1.82) is 0 Å². The van der Waals surface area contributed by atoms with E-state index >= 15 is 0 Å². The number of carbonyl (C=O) groups is 2.